The van der Waals surface area contributed by atoms with Crippen molar-refractivity contribution in [2.75, 3.05) is 7.11 Å². The second-order valence-electron chi connectivity index (χ2n) is 7.12. The van der Waals surface area contributed by atoms with E-state index in [0.717, 1.165) is 62.0 Å². The Hall–Kier alpha value is -1.59. The van der Waals surface area contributed by atoms with Crippen LogP contribution in [0.1, 0.15) is 74.9 Å². The molecule has 146 valence electrons. The van der Waals surface area contributed by atoms with E-state index in [1.165, 1.54) is 7.11 Å². The molecule has 1 aliphatic carbocycles. The van der Waals surface area contributed by atoms with Crippen molar-refractivity contribution in [3.63, 3.8) is 0 Å². The minimum Gasteiger partial charge on any atom is -0.469 e. The van der Waals surface area contributed by atoms with Crippen molar-refractivity contribution in [1.82, 2.24) is 0 Å². The number of rotatable bonds is 11. The number of unbranched alkanes of at least 4 members (excludes halogenated alkanes) is 3. The van der Waals surface area contributed by atoms with E-state index in [4.69, 9.17) is 4.42 Å². The number of hydrogen-bond acceptors (Lipinski definition) is 5. The first-order valence-electron chi connectivity index (χ1n) is 9.77. The molecule has 26 heavy (non-hydrogen) atoms. The van der Waals surface area contributed by atoms with Crippen LogP contribution < -0.4 is 0 Å². The van der Waals surface area contributed by atoms with Gasteiger partial charge in [-0.25, -0.2) is 0 Å². The lowest BCUT2D eigenvalue weighted by molar-refractivity contribution is -0.140. The van der Waals surface area contributed by atoms with Gasteiger partial charge < -0.3 is 19.4 Å². The Morgan fingerprint density at radius 3 is 2.92 bits per heavy atom. The molecule has 2 rings (SSSR count). The standard InChI is InChI=1S/C21H32O5/c1-3-4-5-8-15(22)11-12-17-18-13-16(26-20(18)14-19(17)23)9-6-7-10-21(24)25-2/h11-13,15,17,19,22-23H,3-10,14H2,1-2H3/t15-,17+,19+/m0/s1. The summed E-state index contributed by atoms with van der Waals surface area (Å²) in [7, 11) is 1.40. The van der Waals surface area contributed by atoms with Crippen LogP contribution in [0.3, 0.4) is 0 Å². The molecule has 5 nitrogen and oxygen atoms in total. The Kier molecular flexibility index (Phi) is 8.39. The van der Waals surface area contributed by atoms with Crippen LogP contribution in [0.5, 0.6) is 0 Å². The molecule has 0 aromatic carbocycles. The Morgan fingerprint density at radius 2 is 2.19 bits per heavy atom. The SMILES string of the molecule is CCCCC[C@H](O)C=C[C@@H]1c2cc(CCCCC(=O)OC)oc2C[C@H]1O. The molecule has 3 atom stereocenters. The maximum atomic E-state index is 11.1. The van der Waals surface area contributed by atoms with E-state index in [1.54, 1.807) is 0 Å². The summed E-state index contributed by atoms with van der Waals surface area (Å²) in [5.41, 5.74) is 1.03. The third kappa shape index (κ3) is 5.99. The smallest absolute Gasteiger partial charge is 0.305 e. The summed E-state index contributed by atoms with van der Waals surface area (Å²) in [6, 6.07) is 2.02. The lowest BCUT2D eigenvalue weighted by Crippen LogP contribution is -2.12. The molecular formula is C21H32O5. The van der Waals surface area contributed by atoms with Gasteiger partial charge in [0.15, 0.2) is 0 Å². The number of carbonyl (C=O) groups is 1. The van der Waals surface area contributed by atoms with E-state index in [0.29, 0.717) is 12.8 Å². The minimum atomic E-state index is -0.490. The van der Waals surface area contributed by atoms with E-state index in [2.05, 4.69) is 11.7 Å². The number of ether oxygens (including phenoxy) is 1. The largest absolute Gasteiger partial charge is 0.469 e. The third-order valence-electron chi connectivity index (χ3n) is 4.99. The summed E-state index contributed by atoms with van der Waals surface area (Å²) in [5.74, 6) is 1.44. The van der Waals surface area contributed by atoms with Crippen molar-refractivity contribution in [2.45, 2.75) is 82.8 Å². The Labute approximate surface area is 156 Å². The normalized spacial score (nSPS) is 20.5. The lowest BCUT2D eigenvalue weighted by atomic mass is 9.98. The van der Waals surface area contributed by atoms with Gasteiger partial charge in [-0.2, -0.15) is 0 Å². The Bertz CT molecular complexity index is 589. The van der Waals surface area contributed by atoms with Crippen molar-refractivity contribution >= 4 is 5.97 Å². The van der Waals surface area contributed by atoms with Crippen LogP contribution in [-0.4, -0.2) is 35.5 Å². The zero-order chi connectivity index (χ0) is 18.9. The van der Waals surface area contributed by atoms with E-state index in [9.17, 15) is 15.0 Å². The summed E-state index contributed by atoms with van der Waals surface area (Å²) in [6.45, 7) is 2.14. The second kappa shape index (κ2) is 10.5. The molecule has 1 aromatic heterocycles. The highest BCUT2D eigenvalue weighted by Crippen LogP contribution is 2.37. The number of hydrogen-bond donors (Lipinski definition) is 2. The van der Waals surface area contributed by atoms with Gasteiger partial charge >= 0.3 is 5.97 Å². The highest BCUT2D eigenvalue weighted by molar-refractivity contribution is 5.68. The number of aliphatic hydroxyl groups is 2. The Balaban J connectivity index is 1.86. The van der Waals surface area contributed by atoms with Crippen molar-refractivity contribution in [3.8, 4) is 0 Å². The van der Waals surface area contributed by atoms with Crippen molar-refractivity contribution in [2.24, 2.45) is 0 Å². The van der Waals surface area contributed by atoms with Gasteiger partial charge in [0, 0.05) is 30.7 Å². The first-order valence-corrected chi connectivity index (χ1v) is 9.77. The van der Waals surface area contributed by atoms with Gasteiger partial charge in [-0.3, -0.25) is 4.79 Å². The molecule has 0 spiro atoms. The van der Waals surface area contributed by atoms with Crippen molar-refractivity contribution in [1.29, 1.82) is 0 Å². The summed E-state index contributed by atoms with van der Waals surface area (Å²) in [6.07, 6.45) is 10.2. The quantitative estimate of drug-likeness (QED) is 0.356. The van der Waals surface area contributed by atoms with Gasteiger partial charge in [-0.1, -0.05) is 38.3 Å². The molecule has 1 aliphatic rings. The highest BCUT2D eigenvalue weighted by atomic mass is 16.5. The molecule has 2 N–H and O–H groups in total. The van der Waals surface area contributed by atoms with Gasteiger partial charge in [0.05, 0.1) is 19.3 Å². The number of aliphatic hydroxyl groups excluding tert-OH is 2. The van der Waals surface area contributed by atoms with E-state index in [1.807, 2.05) is 18.2 Å². The number of carbonyl (C=O) groups excluding carboxylic acids is 1. The molecule has 0 unspecified atom stereocenters. The van der Waals surface area contributed by atoms with Gasteiger partial charge in [0.25, 0.3) is 0 Å². The van der Waals surface area contributed by atoms with Gasteiger partial charge in [-0.05, 0) is 25.3 Å². The average molecular weight is 364 g/mol. The van der Waals surface area contributed by atoms with E-state index in [-0.39, 0.29) is 11.9 Å². The molecule has 0 saturated carbocycles. The molecule has 5 heteroatoms. The van der Waals surface area contributed by atoms with Crippen LogP contribution >= 0.6 is 0 Å². The summed E-state index contributed by atoms with van der Waals surface area (Å²) >= 11 is 0. The van der Waals surface area contributed by atoms with E-state index < -0.39 is 12.2 Å². The maximum absolute atomic E-state index is 11.1. The predicted octanol–water partition coefficient (Wildman–Crippen LogP) is 3.66. The molecule has 0 bridgehead atoms. The zero-order valence-corrected chi connectivity index (χ0v) is 15.9. The van der Waals surface area contributed by atoms with Gasteiger partial charge in [-0.15, -0.1) is 0 Å². The average Bonchev–Trinajstić information content (AvgIpc) is 3.13. The van der Waals surface area contributed by atoms with E-state index >= 15 is 0 Å². The van der Waals surface area contributed by atoms with Crippen molar-refractivity contribution < 1.29 is 24.2 Å². The fourth-order valence-electron chi connectivity index (χ4n) is 3.44. The topological polar surface area (TPSA) is 79.9 Å². The number of fused-ring (bicyclic) bond motifs is 1. The van der Waals surface area contributed by atoms with Crippen LogP contribution in [0, 0.1) is 0 Å². The summed E-state index contributed by atoms with van der Waals surface area (Å²) < 4.78 is 10.5. The minimum absolute atomic E-state index is 0.113. The number of furan rings is 1. The molecule has 0 fully saturated rings. The molecule has 1 aromatic rings. The van der Waals surface area contributed by atoms with Gasteiger partial charge in [0.1, 0.15) is 11.5 Å². The van der Waals surface area contributed by atoms with Crippen LogP contribution in [0.2, 0.25) is 0 Å². The van der Waals surface area contributed by atoms with Crippen molar-refractivity contribution in [3.05, 3.63) is 35.3 Å². The molecule has 0 saturated heterocycles. The Morgan fingerprint density at radius 1 is 1.38 bits per heavy atom. The zero-order valence-electron chi connectivity index (χ0n) is 15.9. The lowest BCUT2D eigenvalue weighted by Gasteiger charge is -2.11. The molecular weight excluding hydrogens is 332 g/mol. The van der Waals surface area contributed by atoms with Crippen LogP contribution in [0.15, 0.2) is 22.6 Å². The second-order valence-corrected chi connectivity index (χ2v) is 7.12. The van der Waals surface area contributed by atoms with Crippen LogP contribution in [0.25, 0.3) is 0 Å². The molecule has 1 heterocycles. The number of esters is 1. The molecule has 0 aliphatic heterocycles. The van der Waals surface area contributed by atoms with Crippen LogP contribution in [0.4, 0.5) is 0 Å². The first kappa shape index (κ1) is 20.7. The van der Waals surface area contributed by atoms with Gasteiger partial charge in [0.2, 0.25) is 0 Å². The summed E-state index contributed by atoms with van der Waals surface area (Å²) in [4.78, 5) is 11.1. The molecule has 0 amide bonds. The number of methoxy groups -OCH3 is 1. The molecule has 0 radical (unpaired) electrons. The fraction of sp³-hybridized carbons (Fsp3) is 0.667. The summed E-state index contributed by atoms with van der Waals surface area (Å²) in [5, 5.41) is 20.3. The predicted molar refractivity (Wildman–Crippen MR) is 100 cm³/mol. The van der Waals surface area contributed by atoms with Crippen LogP contribution in [-0.2, 0) is 22.4 Å². The number of aryl methyl sites for hydroxylation is 1. The highest BCUT2D eigenvalue weighted by Gasteiger charge is 2.33. The monoisotopic (exact) mass is 364 g/mol. The third-order valence-corrected chi connectivity index (χ3v) is 4.99. The fourth-order valence-corrected chi connectivity index (χ4v) is 3.44. The first-order chi connectivity index (χ1) is 12.5. The maximum Gasteiger partial charge on any atom is 0.305 e.